The predicted molar refractivity (Wildman–Crippen MR) is 136 cm³/mol. The molecule has 1 aliphatic rings. The second kappa shape index (κ2) is 8.93. The van der Waals surface area contributed by atoms with Gasteiger partial charge in [-0.15, -0.1) is 0 Å². The van der Waals surface area contributed by atoms with Crippen LogP contribution in [-0.2, 0) is 7.05 Å². The fourth-order valence-corrected chi connectivity index (χ4v) is 4.08. The van der Waals surface area contributed by atoms with Crippen molar-refractivity contribution in [1.29, 1.82) is 0 Å². The number of hydrogen-bond acceptors (Lipinski definition) is 5. The molecule has 0 bridgehead atoms. The zero-order chi connectivity index (χ0) is 24.6. The van der Waals surface area contributed by atoms with E-state index in [9.17, 15) is 14.4 Å². The number of aryl methyl sites for hydroxylation is 1. The fourth-order valence-electron chi connectivity index (χ4n) is 4.08. The lowest BCUT2D eigenvalue weighted by Gasteiger charge is -2.32. The number of nitrogens with zero attached hydrogens (tertiary/aromatic N) is 3. The molecule has 0 spiro atoms. The van der Waals surface area contributed by atoms with Crippen molar-refractivity contribution in [2.45, 2.75) is 6.92 Å². The smallest absolute Gasteiger partial charge is 0.319 e. The third-order valence-corrected chi connectivity index (χ3v) is 5.99. The summed E-state index contributed by atoms with van der Waals surface area (Å²) in [7, 11) is 7.04. The summed E-state index contributed by atoms with van der Waals surface area (Å²) < 4.78 is 1.43. The van der Waals surface area contributed by atoms with Crippen molar-refractivity contribution in [2.24, 2.45) is 7.05 Å². The van der Waals surface area contributed by atoms with E-state index in [2.05, 4.69) is 16.0 Å². The van der Waals surface area contributed by atoms with Crippen molar-refractivity contribution >= 4 is 34.7 Å². The number of hydrogen-bond donors (Lipinski definition) is 3. The molecule has 2 aromatic carbocycles. The molecule has 34 heavy (non-hydrogen) atoms. The lowest BCUT2D eigenvalue weighted by molar-refractivity contribution is 0.0986. The third-order valence-electron chi connectivity index (χ3n) is 5.99. The van der Waals surface area contributed by atoms with Crippen molar-refractivity contribution in [3.63, 3.8) is 0 Å². The standard InChI is InChI=1S/C25H28N6O3/c1-15-18(16-11-21(28-25(34)26-2)24(33)30(5)13-16)7-6-8-22(15)31-14-27-20-12-17(29(3)4)9-10-19(20)23(31)32/h6-13,27H,14H2,1-5H3,(H2,26,28,34). The van der Waals surface area contributed by atoms with E-state index in [1.165, 1.54) is 11.6 Å². The van der Waals surface area contributed by atoms with Crippen LogP contribution in [0.3, 0.4) is 0 Å². The van der Waals surface area contributed by atoms with Gasteiger partial charge >= 0.3 is 6.03 Å². The molecule has 4 rings (SSSR count). The van der Waals surface area contributed by atoms with Crippen molar-refractivity contribution in [1.82, 2.24) is 9.88 Å². The Morgan fingerprint density at radius 2 is 1.85 bits per heavy atom. The first-order chi connectivity index (χ1) is 16.2. The normalized spacial score (nSPS) is 12.6. The second-order valence-electron chi connectivity index (χ2n) is 8.40. The molecule has 0 atom stereocenters. The maximum Gasteiger partial charge on any atom is 0.319 e. The molecule has 0 fully saturated rings. The minimum atomic E-state index is -0.471. The summed E-state index contributed by atoms with van der Waals surface area (Å²) in [5.74, 6) is -0.0817. The topological polar surface area (TPSA) is 98.7 Å². The molecule has 0 unspecified atom stereocenters. The van der Waals surface area contributed by atoms with Gasteiger partial charge in [0, 0.05) is 51.3 Å². The zero-order valence-electron chi connectivity index (χ0n) is 19.9. The van der Waals surface area contributed by atoms with Crippen molar-refractivity contribution in [3.05, 3.63) is 70.1 Å². The van der Waals surface area contributed by atoms with Gasteiger partial charge in [-0.1, -0.05) is 12.1 Å². The van der Waals surface area contributed by atoms with Crippen LogP contribution in [0.2, 0.25) is 0 Å². The summed E-state index contributed by atoms with van der Waals surface area (Å²) >= 11 is 0. The van der Waals surface area contributed by atoms with E-state index in [0.29, 0.717) is 12.2 Å². The number of carbonyl (C=O) groups is 2. The molecule has 0 saturated carbocycles. The van der Waals surface area contributed by atoms with Crippen LogP contribution in [0.5, 0.6) is 0 Å². The van der Waals surface area contributed by atoms with Crippen LogP contribution in [0.25, 0.3) is 11.1 Å². The van der Waals surface area contributed by atoms with Gasteiger partial charge in [0.25, 0.3) is 11.5 Å². The van der Waals surface area contributed by atoms with Gasteiger partial charge in [0.05, 0.1) is 17.9 Å². The number of fused-ring (bicyclic) bond motifs is 1. The van der Waals surface area contributed by atoms with Crippen LogP contribution < -0.4 is 31.3 Å². The highest BCUT2D eigenvalue weighted by atomic mass is 16.2. The number of carbonyl (C=O) groups excluding carboxylic acids is 2. The number of anilines is 4. The molecule has 176 valence electrons. The fraction of sp³-hybridized carbons (Fsp3) is 0.240. The lowest BCUT2D eigenvalue weighted by atomic mass is 9.98. The van der Waals surface area contributed by atoms with Crippen LogP contribution in [0.4, 0.5) is 27.5 Å². The highest BCUT2D eigenvalue weighted by Crippen LogP contribution is 2.35. The molecule has 1 aliphatic heterocycles. The van der Waals surface area contributed by atoms with E-state index in [1.54, 1.807) is 24.2 Å². The van der Waals surface area contributed by atoms with Gasteiger partial charge in [0.1, 0.15) is 5.69 Å². The molecular formula is C25H28N6O3. The number of nitrogens with one attached hydrogen (secondary N) is 3. The second-order valence-corrected chi connectivity index (χ2v) is 8.40. The van der Waals surface area contributed by atoms with E-state index < -0.39 is 6.03 Å². The monoisotopic (exact) mass is 460 g/mol. The Bertz CT molecular complexity index is 1340. The maximum absolute atomic E-state index is 13.4. The van der Waals surface area contributed by atoms with Crippen molar-refractivity contribution in [2.75, 3.05) is 48.2 Å². The van der Waals surface area contributed by atoms with Crippen LogP contribution in [-0.4, -0.2) is 44.3 Å². The third kappa shape index (κ3) is 4.07. The largest absolute Gasteiger partial charge is 0.378 e. The van der Waals surface area contributed by atoms with Crippen LogP contribution in [0, 0.1) is 6.92 Å². The average molecular weight is 461 g/mol. The van der Waals surface area contributed by atoms with E-state index in [1.807, 2.05) is 62.3 Å². The molecule has 9 heteroatoms. The summed E-state index contributed by atoms with van der Waals surface area (Å²) in [6.07, 6.45) is 1.72. The Labute approximate surface area is 198 Å². The summed E-state index contributed by atoms with van der Waals surface area (Å²) in [6, 6.07) is 12.6. The molecule has 0 saturated heterocycles. The minimum Gasteiger partial charge on any atom is -0.378 e. The first-order valence-corrected chi connectivity index (χ1v) is 10.9. The predicted octanol–water partition coefficient (Wildman–Crippen LogP) is 3.21. The number of rotatable bonds is 4. The summed E-state index contributed by atoms with van der Waals surface area (Å²) in [5.41, 5.74) is 5.56. The molecule has 3 aromatic rings. The van der Waals surface area contributed by atoms with Gasteiger partial charge in [0.15, 0.2) is 0 Å². The molecule has 2 heterocycles. The van der Waals surface area contributed by atoms with Gasteiger partial charge < -0.3 is 25.4 Å². The number of aromatic nitrogens is 1. The Hall–Kier alpha value is -4.27. The first-order valence-electron chi connectivity index (χ1n) is 10.9. The number of urea groups is 1. The van der Waals surface area contributed by atoms with Crippen LogP contribution >= 0.6 is 0 Å². The molecule has 0 aliphatic carbocycles. The van der Waals surface area contributed by atoms with E-state index in [0.717, 1.165) is 33.8 Å². The molecule has 0 radical (unpaired) electrons. The molecular weight excluding hydrogens is 432 g/mol. The van der Waals surface area contributed by atoms with E-state index >= 15 is 0 Å². The highest BCUT2D eigenvalue weighted by Gasteiger charge is 2.27. The quantitative estimate of drug-likeness (QED) is 0.555. The first kappa shape index (κ1) is 22.9. The van der Waals surface area contributed by atoms with Gasteiger partial charge in [-0.2, -0.15) is 0 Å². The molecule has 3 amide bonds. The number of benzene rings is 2. The van der Waals surface area contributed by atoms with Crippen LogP contribution in [0.1, 0.15) is 15.9 Å². The van der Waals surface area contributed by atoms with Crippen molar-refractivity contribution < 1.29 is 9.59 Å². The van der Waals surface area contributed by atoms with Gasteiger partial charge in [-0.3, -0.25) is 14.5 Å². The maximum atomic E-state index is 13.4. The molecule has 9 nitrogen and oxygen atoms in total. The summed E-state index contributed by atoms with van der Waals surface area (Å²) in [5, 5.41) is 8.39. The average Bonchev–Trinajstić information content (AvgIpc) is 2.82. The molecule has 1 aromatic heterocycles. The highest BCUT2D eigenvalue weighted by molar-refractivity contribution is 6.12. The van der Waals surface area contributed by atoms with Crippen LogP contribution in [0.15, 0.2) is 53.5 Å². The number of amides is 3. The lowest BCUT2D eigenvalue weighted by Crippen LogP contribution is -2.40. The Morgan fingerprint density at radius 3 is 2.56 bits per heavy atom. The SMILES string of the molecule is CNC(=O)Nc1cc(-c2cccc(N3CNc4cc(N(C)C)ccc4C3=O)c2C)cn(C)c1=O. The Balaban J connectivity index is 1.73. The number of pyridine rings is 1. The summed E-state index contributed by atoms with van der Waals surface area (Å²) in [4.78, 5) is 41.4. The Morgan fingerprint density at radius 1 is 1.09 bits per heavy atom. The molecule has 3 N–H and O–H groups in total. The van der Waals surface area contributed by atoms with E-state index in [-0.39, 0.29) is 17.2 Å². The summed E-state index contributed by atoms with van der Waals surface area (Å²) in [6.45, 7) is 2.28. The van der Waals surface area contributed by atoms with Gasteiger partial charge in [-0.25, -0.2) is 4.79 Å². The Kier molecular flexibility index (Phi) is 6.02. The van der Waals surface area contributed by atoms with Gasteiger partial charge in [-0.05, 0) is 48.4 Å². The minimum absolute atomic E-state index is 0.0817. The van der Waals surface area contributed by atoms with Gasteiger partial charge in [0.2, 0.25) is 0 Å². The zero-order valence-corrected chi connectivity index (χ0v) is 19.9. The van der Waals surface area contributed by atoms with Crippen molar-refractivity contribution in [3.8, 4) is 11.1 Å². The van der Waals surface area contributed by atoms with E-state index in [4.69, 9.17) is 0 Å².